The number of fused-ring (bicyclic) bond motifs is 1. The number of hydrogen-bond donors (Lipinski definition) is 0. The number of hydrogen-bond acceptors (Lipinski definition) is 4. The molecule has 0 unspecified atom stereocenters. The van der Waals surface area contributed by atoms with E-state index < -0.39 is 0 Å². The van der Waals surface area contributed by atoms with Crippen LogP contribution in [0.25, 0.3) is 10.8 Å². The maximum atomic E-state index is 13.2. The Kier molecular flexibility index (Phi) is 5.39. The summed E-state index contributed by atoms with van der Waals surface area (Å²) < 4.78 is 1.85. The van der Waals surface area contributed by atoms with Gasteiger partial charge in [0.15, 0.2) is 0 Å². The third-order valence-corrected chi connectivity index (χ3v) is 5.70. The van der Waals surface area contributed by atoms with Crippen LogP contribution in [0, 0.1) is 0 Å². The molecular formula is C22H27N5O. The number of rotatable bonds is 4. The van der Waals surface area contributed by atoms with Crippen LogP contribution in [0.1, 0.15) is 35.3 Å². The van der Waals surface area contributed by atoms with Gasteiger partial charge in [-0.15, -0.1) is 0 Å². The van der Waals surface area contributed by atoms with Gasteiger partial charge in [-0.25, -0.2) is 0 Å². The van der Waals surface area contributed by atoms with Crippen molar-refractivity contribution in [3.8, 4) is 0 Å². The average Bonchev–Trinajstić information content (AvgIpc) is 2.98. The molecule has 1 aliphatic rings. The summed E-state index contributed by atoms with van der Waals surface area (Å²) in [5.41, 5.74) is 1.79. The Morgan fingerprint density at radius 2 is 2.07 bits per heavy atom. The maximum absolute atomic E-state index is 13.2. The van der Waals surface area contributed by atoms with E-state index >= 15 is 0 Å². The van der Waals surface area contributed by atoms with Crippen molar-refractivity contribution in [2.75, 3.05) is 20.1 Å². The van der Waals surface area contributed by atoms with Gasteiger partial charge in [-0.3, -0.25) is 19.4 Å². The molecule has 0 spiro atoms. The second-order valence-corrected chi connectivity index (χ2v) is 7.68. The van der Waals surface area contributed by atoms with Crippen molar-refractivity contribution in [3.05, 3.63) is 60.2 Å². The van der Waals surface area contributed by atoms with E-state index in [1.54, 1.807) is 6.20 Å². The fourth-order valence-electron chi connectivity index (χ4n) is 4.12. The summed E-state index contributed by atoms with van der Waals surface area (Å²) in [6, 6.07) is 10.1. The Morgan fingerprint density at radius 3 is 2.89 bits per heavy atom. The van der Waals surface area contributed by atoms with Crippen LogP contribution in [0.3, 0.4) is 0 Å². The zero-order valence-corrected chi connectivity index (χ0v) is 16.6. The highest BCUT2D eigenvalue weighted by Crippen LogP contribution is 2.22. The molecule has 3 heterocycles. The Morgan fingerprint density at radius 1 is 1.21 bits per heavy atom. The van der Waals surface area contributed by atoms with E-state index in [1.165, 1.54) is 5.56 Å². The van der Waals surface area contributed by atoms with E-state index in [0.717, 1.165) is 49.7 Å². The van der Waals surface area contributed by atoms with Crippen LogP contribution < -0.4 is 0 Å². The number of carbonyl (C=O) groups excluding carboxylic acids is 1. The molecule has 0 bridgehead atoms. The van der Waals surface area contributed by atoms with Crippen LogP contribution in [0.2, 0.25) is 0 Å². The first-order valence-electron chi connectivity index (χ1n) is 9.92. The van der Waals surface area contributed by atoms with Crippen molar-refractivity contribution in [1.29, 1.82) is 0 Å². The normalized spacial score (nSPS) is 18.1. The molecule has 1 aliphatic heterocycles. The molecule has 4 rings (SSSR count). The van der Waals surface area contributed by atoms with Gasteiger partial charge >= 0.3 is 0 Å². The van der Waals surface area contributed by atoms with E-state index in [0.29, 0.717) is 5.69 Å². The fourth-order valence-corrected chi connectivity index (χ4v) is 4.12. The molecule has 0 aliphatic carbocycles. The first kappa shape index (κ1) is 18.6. The molecule has 1 aromatic carbocycles. The van der Waals surface area contributed by atoms with Crippen LogP contribution >= 0.6 is 0 Å². The van der Waals surface area contributed by atoms with Crippen LogP contribution in [-0.2, 0) is 13.6 Å². The van der Waals surface area contributed by atoms with Gasteiger partial charge in [0, 0.05) is 56.6 Å². The molecule has 0 saturated carbocycles. The third-order valence-electron chi connectivity index (χ3n) is 5.70. The summed E-state index contributed by atoms with van der Waals surface area (Å²) in [5, 5.41) is 6.24. The lowest BCUT2D eigenvalue weighted by Gasteiger charge is -2.27. The Bertz CT molecular complexity index is 961. The van der Waals surface area contributed by atoms with Crippen LogP contribution in [-0.4, -0.2) is 56.7 Å². The highest BCUT2D eigenvalue weighted by molar-refractivity contribution is 6.05. The minimum Gasteiger partial charge on any atom is -0.337 e. The van der Waals surface area contributed by atoms with Crippen molar-refractivity contribution in [2.24, 2.45) is 7.05 Å². The minimum absolute atomic E-state index is 0.0162. The molecule has 3 aromatic rings. The summed E-state index contributed by atoms with van der Waals surface area (Å²) in [6.07, 6.45) is 8.83. The van der Waals surface area contributed by atoms with Gasteiger partial charge in [-0.05, 0) is 37.3 Å². The molecule has 0 N–H and O–H groups in total. The summed E-state index contributed by atoms with van der Waals surface area (Å²) in [6.45, 7) is 2.96. The van der Waals surface area contributed by atoms with E-state index in [2.05, 4.69) is 21.2 Å². The average molecular weight is 377 g/mol. The van der Waals surface area contributed by atoms with Gasteiger partial charge in [0.2, 0.25) is 0 Å². The monoisotopic (exact) mass is 377 g/mol. The molecule has 6 nitrogen and oxygen atoms in total. The number of pyridine rings is 1. The predicted octanol–water partition coefficient (Wildman–Crippen LogP) is 3.10. The maximum Gasteiger partial charge on any atom is 0.273 e. The molecule has 1 fully saturated rings. The first-order valence-corrected chi connectivity index (χ1v) is 9.92. The summed E-state index contributed by atoms with van der Waals surface area (Å²) in [5.74, 6) is 0.0162. The van der Waals surface area contributed by atoms with Gasteiger partial charge in [0.1, 0.15) is 5.69 Å². The SMILES string of the molecule is CN(C(=O)c1nccc2ccccc12)[C@H]1CCCN(Cc2cnn(C)c2)CC1. The molecule has 1 atom stereocenters. The van der Waals surface area contributed by atoms with Crippen molar-refractivity contribution in [3.63, 3.8) is 0 Å². The first-order chi connectivity index (χ1) is 13.6. The van der Waals surface area contributed by atoms with E-state index in [-0.39, 0.29) is 11.9 Å². The topological polar surface area (TPSA) is 54.3 Å². The van der Waals surface area contributed by atoms with Crippen LogP contribution in [0.15, 0.2) is 48.9 Å². The molecule has 1 saturated heterocycles. The molecule has 0 radical (unpaired) electrons. The van der Waals surface area contributed by atoms with Crippen LogP contribution in [0.4, 0.5) is 0 Å². The largest absolute Gasteiger partial charge is 0.337 e. The van der Waals surface area contributed by atoms with Crippen molar-refractivity contribution >= 4 is 16.7 Å². The van der Waals surface area contributed by atoms with E-state index in [1.807, 2.05) is 60.2 Å². The number of aromatic nitrogens is 3. The zero-order valence-electron chi connectivity index (χ0n) is 16.6. The van der Waals surface area contributed by atoms with Gasteiger partial charge in [0.25, 0.3) is 5.91 Å². The van der Waals surface area contributed by atoms with E-state index in [4.69, 9.17) is 0 Å². The third kappa shape index (κ3) is 3.92. The number of likely N-dealkylation sites (tertiary alicyclic amines) is 1. The number of aryl methyl sites for hydroxylation is 1. The molecule has 1 amide bonds. The number of carbonyl (C=O) groups is 1. The minimum atomic E-state index is 0.0162. The van der Waals surface area contributed by atoms with Crippen molar-refractivity contribution in [2.45, 2.75) is 31.8 Å². The fraction of sp³-hybridized carbons (Fsp3) is 0.409. The number of amides is 1. The van der Waals surface area contributed by atoms with Crippen LogP contribution in [0.5, 0.6) is 0 Å². The lowest BCUT2D eigenvalue weighted by Crippen LogP contribution is -2.38. The molecule has 146 valence electrons. The van der Waals surface area contributed by atoms with Crippen molar-refractivity contribution in [1.82, 2.24) is 24.6 Å². The van der Waals surface area contributed by atoms with Gasteiger partial charge in [-0.1, -0.05) is 24.3 Å². The van der Waals surface area contributed by atoms with Gasteiger partial charge < -0.3 is 4.90 Å². The zero-order chi connectivity index (χ0) is 19.5. The molecular weight excluding hydrogens is 350 g/mol. The summed E-state index contributed by atoms with van der Waals surface area (Å²) >= 11 is 0. The quantitative estimate of drug-likeness (QED) is 0.701. The Hall–Kier alpha value is -2.73. The highest BCUT2D eigenvalue weighted by atomic mass is 16.2. The lowest BCUT2D eigenvalue weighted by molar-refractivity contribution is 0.0713. The number of benzene rings is 1. The smallest absolute Gasteiger partial charge is 0.273 e. The second kappa shape index (κ2) is 8.10. The van der Waals surface area contributed by atoms with E-state index in [9.17, 15) is 4.79 Å². The Balaban J connectivity index is 1.44. The highest BCUT2D eigenvalue weighted by Gasteiger charge is 2.26. The van der Waals surface area contributed by atoms with Crippen molar-refractivity contribution < 1.29 is 4.79 Å². The molecule has 6 heteroatoms. The van der Waals surface area contributed by atoms with Gasteiger partial charge in [0.05, 0.1) is 6.20 Å². The lowest BCUT2D eigenvalue weighted by atomic mass is 10.1. The summed E-state index contributed by atoms with van der Waals surface area (Å²) in [4.78, 5) is 22.0. The summed E-state index contributed by atoms with van der Waals surface area (Å²) in [7, 11) is 3.87. The van der Waals surface area contributed by atoms with Gasteiger partial charge in [-0.2, -0.15) is 5.10 Å². The number of nitrogens with zero attached hydrogens (tertiary/aromatic N) is 5. The molecule has 2 aromatic heterocycles. The predicted molar refractivity (Wildman–Crippen MR) is 110 cm³/mol. The Labute approximate surface area is 165 Å². The second-order valence-electron chi connectivity index (χ2n) is 7.68. The standard InChI is InChI=1S/C22H27N5O/c1-25-15-17(14-24-25)16-27-12-5-7-19(10-13-27)26(2)22(28)21-20-8-4-3-6-18(20)9-11-23-21/h3-4,6,8-9,11,14-15,19H,5,7,10,12-13,16H2,1-2H3/t19-/m0/s1. The molecule has 28 heavy (non-hydrogen) atoms.